The van der Waals surface area contributed by atoms with Gasteiger partial charge in [0.1, 0.15) is 6.04 Å². The van der Waals surface area contributed by atoms with Crippen LogP contribution in [0.4, 0.5) is 10.3 Å². The molecule has 2 aromatic rings. The van der Waals surface area contributed by atoms with Crippen molar-refractivity contribution in [2.24, 2.45) is 0 Å². The number of carbonyl (C=O) groups is 2. The fourth-order valence-electron chi connectivity index (χ4n) is 4.04. The molecule has 1 N–H and O–H groups in total. The molecule has 1 unspecified atom stereocenters. The lowest BCUT2D eigenvalue weighted by molar-refractivity contribution is -0.122. The second-order valence-electron chi connectivity index (χ2n) is 7.60. The number of hydrogen-bond acceptors (Lipinski definition) is 8. The number of nitrogens with one attached hydrogen (secondary N) is 1. The first-order valence-corrected chi connectivity index (χ1v) is 11.3. The van der Waals surface area contributed by atoms with Crippen molar-refractivity contribution in [1.29, 1.82) is 0 Å². The van der Waals surface area contributed by atoms with Gasteiger partial charge in [0.2, 0.25) is 22.1 Å². The number of amides is 2. The zero-order chi connectivity index (χ0) is 21.8. The second kappa shape index (κ2) is 9.51. The highest BCUT2D eigenvalue weighted by Gasteiger charge is 2.34. The number of nitrogens with zero attached hydrogens (tertiary/aromatic N) is 4. The summed E-state index contributed by atoms with van der Waals surface area (Å²) < 4.78 is 10.6. The lowest BCUT2D eigenvalue weighted by atomic mass is 10.1. The van der Waals surface area contributed by atoms with Crippen LogP contribution in [0.15, 0.2) is 18.2 Å². The van der Waals surface area contributed by atoms with Crippen molar-refractivity contribution in [1.82, 2.24) is 15.5 Å². The van der Waals surface area contributed by atoms with E-state index in [1.54, 1.807) is 19.1 Å². The van der Waals surface area contributed by atoms with Crippen molar-refractivity contribution in [3.05, 3.63) is 23.8 Å². The van der Waals surface area contributed by atoms with Gasteiger partial charge in [0, 0.05) is 26.1 Å². The summed E-state index contributed by atoms with van der Waals surface area (Å²) in [4.78, 5) is 28.5. The van der Waals surface area contributed by atoms with Crippen molar-refractivity contribution in [3.63, 3.8) is 0 Å². The minimum absolute atomic E-state index is 0.00743. The average Bonchev–Trinajstić information content (AvgIpc) is 3.53. The second-order valence-corrected chi connectivity index (χ2v) is 8.53. The van der Waals surface area contributed by atoms with Crippen molar-refractivity contribution < 1.29 is 19.1 Å². The third-order valence-electron chi connectivity index (χ3n) is 5.67. The number of rotatable bonds is 8. The van der Waals surface area contributed by atoms with Gasteiger partial charge >= 0.3 is 0 Å². The fraction of sp³-hybridized carbons (Fsp3) is 0.524. The molecule has 1 atom stereocenters. The van der Waals surface area contributed by atoms with Crippen LogP contribution in [0.1, 0.15) is 31.2 Å². The Hall–Kier alpha value is -2.88. The lowest BCUT2D eigenvalue weighted by Crippen LogP contribution is -2.44. The lowest BCUT2D eigenvalue weighted by Gasteiger charge is -2.22. The Balaban J connectivity index is 1.34. The summed E-state index contributed by atoms with van der Waals surface area (Å²) in [5.74, 6) is 1.45. The van der Waals surface area contributed by atoms with Crippen LogP contribution >= 0.6 is 11.3 Å². The monoisotopic (exact) mass is 445 g/mol. The maximum atomic E-state index is 12.9. The largest absolute Gasteiger partial charge is 0.493 e. The average molecular weight is 446 g/mol. The van der Waals surface area contributed by atoms with E-state index < -0.39 is 0 Å². The van der Waals surface area contributed by atoms with E-state index in [1.807, 2.05) is 23.1 Å². The zero-order valence-electron chi connectivity index (χ0n) is 17.8. The highest BCUT2D eigenvalue weighted by atomic mass is 32.1. The van der Waals surface area contributed by atoms with Gasteiger partial charge in [-0.3, -0.25) is 14.5 Å². The first-order valence-electron chi connectivity index (χ1n) is 10.5. The van der Waals surface area contributed by atoms with Gasteiger partial charge in [0.15, 0.2) is 11.5 Å². The smallest absolute Gasteiger partial charge is 0.242 e. The molecule has 0 aliphatic carbocycles. The molecule has 0 bridgehead atoms. The molecule has 10 heteroatoms. The summed E-state index contributed by atoms with van der Waals surface area (Å²) in [6, 6.07) is 5.50. The molecule has 2 aliphatic rings. The number of hydrogen-bond donors (Lipinski definition) is 1. The predicted molar refractivity (Wildman–Crippen MR) is 118 cm³/mol. The molecule has 9 nitrogen and oxygen atoms in total. The molecule has 0 spiro atoms. The number of aromatic nitrogens is 2. The Morgan fingerprint density at radius 3 is 2.71 bits per heavy atom. The topological polar surface area (TPSA) is 96.9 Å². The molecule has 2 aliphatic heterocycles. The molecular weight excluding hydrogens is 418 g/mol. The molecule has 0 radical (unpaired) electrons. The summed E-state index contributed by atoms with van der Waals surface area (Å²) in [5, 5.41) is 12.8. The predicted octanol–water partition coefficient (Wildman–Crippen LogP) is 2.01. The van der Waals surface area contributed by atoms with Crippen LogP contribution in [0.5, 0.6) is 11.5 Å². The quantitative estimate of drug-likeness (QED) is 0.664. The molecule has 0 saturated carbocycles. The van der Waals surface area contributed by atoms with E-state index >= 15 is 0 Å². The normalized spacial score (nSPS) is 18.5. The summed E-state index contributed by atoms with van der Waals surface area (Å²) >= 11 is 1.38. The SMILES string of the molecule is COc1ccc(CCNC(=O)C2CCCN2c2nnc(N3CCCC3=O)s2)cc1OC. The Kier molecular flexibility index (Phi) is 6.55. The van der Waals surface area contributed by atoms with Crippen LogP contribution < -0.4 is 24.6 Å². The first kappa shape index (κ1) is 21.4. The van der Waals surface area contributed by atoms with Crippen molar-refractivity contribution >= 4 is 33.4 Å². The Morgan fingerprint density at radius 1 is 1.16 bits per heavy atom. The molecule has 166 valence electrons. The van der Waals surface area contributed by atoms with Gasteiger partial charge in [-0.15, -0.1) is 10.2 Å². The third-order valence-corrected chi connectivity index (χ3v) is 6.65. The van der Waals surface area contributed by atoms with Gasteiger partial charge in [-0.05, 0) is 43.4 Å². The van der Waals surface area contributed by atoms with E-state index in [0.29, 0.717) is 47.7 Å². The van der Waals surface area contributed by atoms with Gasteiger partial charge in [-0.1, -0.05) is 17.4 Å². The number of methoxy groups -OCH3 is 2. The van der Waals surface area contributed by atoms with E-state index in [9.17, 15) is 9.59 Å². The van der Waals surface area contributed by atoms with Gasteiger partial charge in [0.25, 0.3) is 0 Å². The first-order chi connectivity index (χ1) is 15.1. The summed E-state index contributed by atoms with van der Waals surface area (Å²) in [5.41, 5.74) is 1.06. The summed E-state index contributed by atoms with van der Waals surface area (Å²) in [7, 11) is 3.21. The van der Waals surface area contributed by atoms with Crippen molar-refractivity contribution in [3.8, 4) is 11.5 Å². The molecule has 1 aromatic heterocycles. The van der Waals surface area contributed by atoms with Crippen LogP contribution in [-0.4, -0.2) is 61.9 Å². The fourth-order valence-corrected chi connectivity index (χ4v) is 5.00. The highest BCUT2D eigenvalue weighted by Crippen LogP contribution is 2.33. The van der Waals surface area contributed by atoms with Gasteiger partial charge in [-0.25, -0.2) is 0 Å². The van der Waals surface area contributed by atoms with Crippen LogP contribution in [-0.2, 0) is 16.0 Å². The molecule has 3 heterocycles. The molecule has 2 saturated heterocycles. The molecule has 4 rings (SSSR count). The van der Waals surface area contributed by atoms with E-state index in [2.05, 4.69) is 15.5 Å². The molecular formula is C21H27N5O4S. The van der Waals surface area contributed by atoms with E-state index in [1.165, 1.54) is 11.3 Å². The Labute approximate surface area is 185 Å². The van der Waals surface area contributed by atoms with Gasteiger partial charge in [0.05, 0.1) is 14.2 Å². The third kappa shape index (κ3) is 4.58. The molecule has 2 fully saturated rings. The van der Waals surface area contributed by atoms with E-state index in [0.717, 1.165) is 31.4 Å². The number of benzene rings is 1. The maximum absolute atomic E-state index is 12.9. The van der Waals surface area contributed by atoms with Gasteiger partial charge in [-0.2, -0.15) is 0 Å². The van der Waals surface area contributed by atoms with Crippen molar-refractivity contribution in [2.75, 3.05) is 43.7 Å². The molecule has 2 amide bonds. The minimum Gasteiger partial charge on any atom is -0.493 e. The standard InChI is InChI=1S/C21H27N5O4S/c1-29-16-8-7-14(13-17(16)30-2)9-10-22-19(28)15-5-3-11-25(15)20-23-24-21(31-20)26-12-4-6-18(26)27/h7-8,13,15H,3-6,9-12H2,1-2H3,(H,22,28). The van der Waals surface area contributed by atoms with Crippen LogP contribution in [0.25, 0.3) is 0 Å². The van der Waals surface area contributed by atoms with Crippen LogP contribution in [0.3, 0.4) is 0 Å². The number of carbonyl (C=O) groups excluding carboxylic acids is 2. The highest BCUT2D eigenvalue weighted by molar-refractivity contribution is 7.19. The van der Waals surface area contributed by atoms with Crippen LogP contribution in [0.2, 0.25) is 0 Å². The van der Waals surface area contributed by atoms with Crippen molar-refractivity contribution in [2.45, 2.75) is 38.1 Å². The summed E-state index contributed by atoms with van der Waals surface area (Å²) in [6.07, 6.45) is 3.80. The Morgan fingerprint density at radius 2 is 1.97 bits per heavy atom. The minimum atomic E-state index is -0.263. The van der Waals surface area contributed by atoms with Gasteiger partial charge < -0.3 is 19.7 Å². The van der Waals surface area contributed by atoms with Crippen LogP contribution in [0, 0.1) is 0 Å². The van der Waals surface area contributed by atoms with E-state index in [-0.39, 0.29) is 17.9 Å². The Bertz CT molecular complexity index is 950. The maximum Gasteiger partial charge on any atom is 0.242 e. The number of ether oxygens (including phenoxy) is 2. The molecule has 31 heavy (non-hydrogen) atoms. The number of anilines is 2. The summed E-state index contributed by atoms with van der Waals surface area (Å²) in [6.45, 7) is 1.98. The van der Waals surface area contributed by atoms with E-state index in [4.69, 9.17) is 9.47 Å². The molecule has 1 aromatic carbocycles. The zero-order valence-corrected chi connectivity index (χ0v) is 18.6.